The smallest absolute Gasteiger partial charge is 0.296 e. The molecule has 0 heterocycles. The summed E-state index contributed by atoms with van der Waals surface area (Å²) in [5, 5.41) is 5.83. The van der Waals surface area contributed by atoms with Crippen molar-refractivity contribution in [2.75, 3.05) is 19.6 Å². The largest absolute Gasteiger partial charge is 0.344 e. The number of carbonyl (C=O) groups is 1. The molecule has 0 aliphatic rings. The molecule has 0 aliphatic heterocycles. The summed E-state index contributed by atoms with van der Waals surface area (Å²) < 4.78 is 0. The lowest BCUT2D eigenvalue weighted by Crippen LogP contribution is -2.30. The van der Waals surface area contributed by atoms with Gasteiger partial charge in [0.2, 0.25) is 0 Å². The van der Waals surface area contributed by atoms with Gasteiger partial charge in [0.15, 0.2) is 0 Å². The second-order valence-electron chi connectivity index (χ2n) is 3.23. The highest BCUT2D eigenvalue weighted by atomic mass is 16.1. The molecule has 0 saturated carbocycles. The summed E-state index contributed by atoms with van der Waals surface area (Å²) in [5.41, 5.74) is 0.851. The number of hydrogen-bond acceptors (Lipinski definition) is 2. The minimum atomic E-state index is -0.234. The minimum absolute atomic E-state index is 0.234. The number of carbonyl (C=O) groups excluding carboxylic acids is 1. The highest BCUT2D eigenvalue weighted by Gasteiger charge is 1.92. The van der Waals surface area contributed by atoms with Crippen molar-refractivity contribution in [3.05, 3.63) is 35.9 Å². The number of likely N-dealkylation sites (N-methyl/N-ethyl adjacent to an activating group) is 1. The summed E-state index contributed by atoms with van der Waals surface area (Å²) in [6.45, 7) is 4.31. The first-order valence-electron chi connectivity index (χ1n) is 5.38. The van der Waals surface area contributed by atoms with Gasteiger partial charge in [0.25, 0.3) is 5.91 Å². The molecule has 0 aromatic heterocycles. The van der Waals surface area contributed by atoms with E-state index in [0.717, 1.165) is 18.7 Å². The van der Waals surface area contributed by atoms with Gasteiger partial charge in [-0.15, -0.1) is 0 Å². The van der Waals surface area contributed by atoms with E-state index in [2.05, 4.69) is 22.5 Å². The van der Waals surface area contributed by atoms with E-state index in [9.17, 15) is 4.79 Å². The second kappa shape index (κ2) is 7.49. The number of hydrogen-bond donors (Lipinski definition) is 2. The molecule has 0 fully saturated rings. The molecule has 3 nitrogen and oxygen atoms in total. The van der Waals surface area contributed by atoms with Gasteiger partial charge in [0.05, 0.1) is 0 Å². The normalized spacial score (nSPS) is 9.06. The quantitative estimate of drug-likeness (QED) is 0.576. The molecule has 0 radical (unpaired) electrons. The molecule has 16 heavy (non-hydrogen) atoms. The average Bonchev–Trinajstić information content (AvgIpc) is 2.33. The van der Waals surface area contributed by atoms with Crippen molar-refractivity contribution in [1.29, 1.82) is 0 Å². The van der Waals surface area contributed by atoms with Crippen LogP contribution in [0.1, 0.15) is 12.5 Å². The molecular weight excluding hydrogens is 200 g/mol. The molecule has 1 aromatic rings. The summed E-state index contributed by atoms with van der Waals surface area (Å²) in [7, 11) is 0. The van der Waals surface area contributed by atoms with Gasteiger partial charge in [-0.05, 0) is 18.7 Å². The average molecular weight is 216 g/mol. The lowest BCUT2D eigenvalue weighted by atomic mass is 10.2. The number of rotatable bonds is 4. The van der Waals surface area contributed by atoms with E-state index in [4.69, 9.17) is 0 Å². The summed E-state index contributed by atoms with van der Waals surface area (Å²) in [4.78, 5) is 11.3. The van der Waals surface area contributed by atoms with Crippen LogP contribution in [0.2, 0.25) is 0 Å². The van der Waals surface area contributed by atoms with Crippen LogP contribution in [0.3, 0.4) is 0 Å². The first kappa shape index (κ1) is 12.3. The zero-order chi connectivity index (χ0) is 11.6. The van der Waals surface area contributed by atoms with Gasteiger partial charge in [0, 0.05) is 24.6 Å². The van der Waals surface area contributed by atoms with Crippen molar-refractivity contribution in [1.82, 2.24) is 10.6 Å². The van der Waals surface area contributed by atoms with Crippen molar-refractivity contribution in [2.24, 2.45) is 0 Å². The van der Waals surface area contributed by atoms with Crippen molar-refractivity contribution < 1.29 is 4.79 Å². The zero-order valence-electron chi connectivity index (χ0n) is 9.42. The molecule has 84 valence electrons. The SMILES string of the molecule is CCNCCNC(=O)C#Cc1ccccc1. The Morgan fingerprint density at radius 3 is 2.69 bits per heavy atom. The van der Waals surface area contributed by atoms with E-state index < -0.39 is 0 Å². The van der Waals surface area contributed by atoms with Crippen molar-refractivity contribution in [3.63, 3.8) is 0 Å². The van der Waals surface area contributed by atoms with E-state index in [0.29, 0.717) is 6.54 Å². The molecule has 3 heteroatoms. The standard InChI is InChI=1S/C13H16N2O/c1-2-14-10-11-15-13(16)9-8-12-6-4-3-5-7-12/h3-7,14H,2,10-11H2,1H3,(H,15,16). The third-order valence-corrected chi connectivity index (χ3v) is 1.93. The molecule has 1 amide bonds. The molecule has 2 N–H and O–H groups in total. The van der Waals surface area contributed by atoms with E-state index in [1.807, 2.05) is 37.3 Å². The van der Waals surface area contributed by atoms with Crippen LogP contribution in [0.4, 0.5) is 0 Å². The molecule has 1 rings (SSSR count). The van der Waals surface area contributed by atoms with Crippen LogP contribution in [0, 0.1) is 11.8 Å². The summed E-state index contributed by atoms with van der Waals surface area (Å²) in [6.07, 6.45) is 0. The predicted molar refractivity (Wildman–Crippen MR) is 64.9 cm³/mol. The van der Waals surface area contributed by atoms with Crippen LogP contribution in [0.25, 0.3) is 0 Å². The molecule has 0 bridgehead atoms. The van der Waals surface area contributed by atoms with Crippen molar-refractivity contribution in [2.45, 2.75) is 6.92 Å². The number of benzene rings is 1. The fourth-order valence-corrected chi connectivity index (χ4v) is 1.14. The Bertz CT molecular complexity index is 376. The lowest BCUT2D eigenvalue weighted by molar-refractivity contribution is -0.115. The topological polar surface area (TPSA) is 41.1 Å². The van der Waals surface area contributed by atoms with Gasteiger partial charge >= 0.3 is 0 Å². The maximum atomic E-state index is 11.3. The first-order chi connectivity index (χ1) is 7.83. The van der Waals surface area contributed by atoms with Crippen molar-refractivity contribution in [3.8, 4) is 11.8 Å². The maximum absolute atomic E-state index is 11.3. The lowest BCUT2D eigenvalue weighted by Gasteiger charge is -2.00. The number of nitrogens with one attached hydrogen (secondary N) is 2. The third kappa shape index (κ3) is 5.18. The fourth-order valence-electron chi connectivity index (χ4n) is 1.14. The van der Waals surface area contributed by atoms with Gasteiger partial charge in [0.1, 0.15) is 0 Å². The van der Waals surface area contributed by atoms with Gasteiger partial charge in [-0.25, -0.2) is 0 Å². The Hall–Kier alpha value is -1.79. The second-order valence-corrected chi connectivity index (χ2v) is 3.23. The third-order valence-electron chi connectivity index (χ3n) is 1.93. The highest BCUT2D eigenvalue weighted by Crippen LogP contribution is 1.94. The summed E-state index contributed by atoms with van der Waals surface area (Å²) in [6, 6.07) is 9.46. The predicted octanol–water partition coefficient (Wildman–Crippen LogP) is 0.764. The molecule has 0 saturated heterocycles. The van der Waals surface area contributed by atoms with E-state index in [1.165, 1.54) is 0 Å². The van der Waals surface area contributed by atoms with Gasteiger partial charge in [-0.1, -0.05) is 31.0 Å². The minimum Gasteiger partial charge on any atom is -0.344 e. The zero-order valence-corrected chi connectivity index (χ0v) is 9.42. The Morgan fingerprint density at radius 2 is 2.00 bits per heavy atom. The Morgan fingerprint density at radius 1 is 1.25 bits per heavy atom. The van der Waals surface area contributed by atoms with E-state index in [-0.39, 0.29) is 5.91 Å². The Kier molecular flexibility index (Phi) is 5.75. The highest BCUT2D eigenvalue weighted by molar-refractivity contribution is 5.94. The monoisotopic (exact) mass is 216 g/mol. The summed E-state index contributed by atoms with van der Waals surface area (Å²) >= 11 is 0. The molecule has 1 aromatic carbocycles. The van der Waals surface area contributed by atoms with Gasteiger partial charge in [-0.2, -0.15) is 0 Å². The maximum Gasteiger partial charge on any atom is 0.296 e. The van der Waals surface area contributed by atoms with Crippen LogP contribution >= 0.6 is 0 Å². The molecule has 0 unspecified atom stereocenters. The van der Waals surface area contributed by atoms with Crippen LogP contribution < -0.4 is 10.6 Å². The van der Waals surface area contributed by atoms with Gasteiger partial charge < -0.3 is 10.6 Å². The van der Waals surface area contributed by atoms with Crippen molar-refractivity contribution >= 4 is 5.91 Å². The van der Waals surface area contributed by atoms with E-state index >= 15 is 0 Å². The molecule has 0 aliphatic carbocycles. The Labute approximate surface area is 96.2 Å². The molecule has 0 spiro atoms. The van der Waals surface area contributed by atoms with Gasteiger partial charge in [-0.3, -0.25) is 4.79 Å². The summed E-state index contributed by atoms with van der Waals surface area (Å²) in [5.74, 6) is 5.12. The van der Waals surface area contributed by atoms with Crippen LogP contribution in [0.15, 0.2) is 30.3 Å². The number of amides is 1. The first-order valence-corrected chi connectivity index (χ1v) is 5.38. The molecular formula is C13H16N2O. The fraction of sp³-hybridized carbons (Fsp3) is 0.308. The van der Waals surface area contributed by atoms with Crippen LogP contribution in [0.5, 0.6) is 0 Å². The van der Waals surface area contributed by atoms with Crippen LogP contribution in [-0.2, 0) is 4.79 Å². The molecule has 0 atom stereocenters. The Balaban J connectivity index is 2.32. The van der Waals surface area contributed by atoms with Crippen LogP contribution in [-0.4, -0.2) is 25.5 Å². The van der Waals surface area contributed by atoms with E-state index in [1.54, 1.807) is 0 Å².